The molecule has 0 aromatic rings. The molecule has 0 spiro atoms. The highest BCUT2D eigenvalue weighted by Crippen LogP contribution is 2.27. The van der Waals surface area contributed by atoms with Crippen LogP contribution in [-0.2, 0) is 0 Å². The van der Waals surface area contributed by atoms with Crippen molar-refractivity contribution >= 4 is 6.03 Å². The van der Waals surface area contributed by atoms with Crippen LogP contribution in [0.25, 0.3) is 0 Å². The molecule has 2 unspecified atom stereocenters. The third-order valence-electron chi connectivity index (χ3n) is 4.60. The maximum atomic E-state index is 11.6. The predicted octanol–water partition coefficient (Wildman–Crippen LogP) is 2.56. The molecule has 2 atom stereocenters. The zero-order chi connectivity index (χ0) is 13.5. The van der Waals surface area contributed by atoms with Crippen molar-refractivity contribution in [3.8, 4) is 0 Å². The Morgan fingerprint density at radius 3 is 2.47 bits per heavy atom. The second-order valence-corrected chi connectivity index (χ2v) is 6.14. The minimum Gasteiger partial charge on any atom is -0.393 e. The quantitative estimate of drug-likeness (QED) is 0.671. The molecule has 19 heavy (non-hydrogen) atoms. The number of carbonyl (C=O) groups is 1. The first-order chi connectivity index (χ1) is 9.25. The number of urea groups is 1. The summed E-state index contributed by atoms with van der Waals surface area (Å²) in [4.78, 5) is 11.6. The van der Waals surface area contributed by atoms with Crippen molar-refractivity contribution in [2.24, 2.45) is 5.92 Å². The Morgan fingerprint density at radius 1 is 1.05 bits per heavy atom. The minimum absolute atomic E-state index is 0.0175. The van der Waals surface area contributed by atoms with Gasteiger partial charge in [-0.05, 0) is 44.4 Å². The van der Waals surface area contributed by atoms with Crippen LogP contribution in [0.5, 0.6) is 0 Å². The Hall–Kier alpha value is -0.770. The van der Waals surface area contributed by atoms with Crippen molar-refractivity contribution in [3.63, 3.8) is 0 Å². The third kappa shape index (κ3) is 5.01. The van der Waals surface area contributed by atoms with Gasteiger partial charge in [-0.15, -0.1) is 0 Å². The molecular weight excluding hydrogens is 240 g/mol. The van der Waals surface area contributed by atoms with Crippen molar-refractivity contribution in [1.82, 2.24) is 10.6 Å². The number of nitrogens with one attached hydrogen (secondary N) is 2. The molecule has 110 valence electrons. The van der Waals surface area contributed by atoms with E-state index in [0.29, 0.717) is 12.0 Å². The molecule has 2 aliphatic rings. The number of amides is 2. The van der Waals surface area contributed by atoms with E-state index >= 15 is 0 Å². The highest BCUT2D eigenvalue weighted by Gasteiger charge is 2.22. The number of hydrogen-bond donors (Lipinski definition) is 3. The molecule has 2 saturated carbocycles. The average molecular weight is 268 g/mol. The molecule has 0 heterocycles. The monoisotopic (exact) mass is 268 g/mol. The predicted molar refractivity (Wildman–Crippen MR) is 76.0 cm³/mol. The van der Waals surface area contributed by atoms with E-state index in [0.717, 1.165) is 45.1 Å². The van der Waals surface area contributed by atoms with Crippen LogP contribution in [0, 0.1) is 5.92 Å². The van der Waals surface area contributed by atoms with E-state index in [2.05, 4.69) is 10.6 Å². The fourth-order valence-corrected chi connectivity index (χ4v) is 3.40. The average Bonchev–Trinajstić information content (AvgIpc) is 2.89. The number of aliphatic hydroxyl groups excluding tert-OH is 1. The Kier molecular flexibility index (Phi) is 5.95. The van der Waals surface area contributed by atoms with Gasteiger partial charge >= 0.3 is 6.03 Å². The maximum absolute atomic E-state index is 11.6. The molecule has 0 bridgehead atoms. The van der Waals surface area contributed by atoms with E-state index in [-0.39, 0.29) is 12.1 Å². The van der Waals surface area contributed by atoms with E-state index in [1.807, 2.05) is 0 Å². The summed E-state index contributed by atoms with van der Waals surface area (Å²) in [6, 6.07) is 0.372. The standard InChI is InChI=1S/C15H28N2O2/c18-14-10-4-1-6-12(14)7-5-11-16-15(19)17-13-8-2-3-9-13/h12-14,18H,1-11H2,(H2,16,17,19). The van der Waals surface area contributed by atoms with Gasteiger partial charge in [0.15, 0.2) is 0 Å². The molecule has 4 nitrogen and oxygen atoms in total. The summed E-state index contributed by atoms with van der Waals surface area (Å²) in [7, 11) is 0. The first-order valence-corrected chi connectivity index (χ1v) is 7.98. The van der Waals surface area contributed by atoms with Crippen molar-refractivity contribution in [2.45, 2.75) is 76.4 Å². The normalized spacial score (nSPS) is 28.3. The fourth-order valence-electron chi connectivity index (χ4n) is 3.40. The van der Waals surface area contributed by atoms with Gasteiger partial charge in [-0.2, -0.15) is 0 Å². The van der Waals surface area contributed by atoms with Crippen LogP contribution in [0.15, 0.2) is 0 Å². The second-order valence-electron chi connectivity index (χ2n) is 6.14. The maximum Gasteiger partial charge on any atom is 0.315 e. The molecule has 4 heteroatoms. The molecule has 2 aliphatic carbocycles. The van der Waals surface area contributed by atoms with E-state index in [4.69, 9.17) is 0 Å². The van der Waals surface area contributed by atoms with Crippen molar-refractivity contribution in [1.29, 1.82) is 0 Å². The summed E-state index contributed by atoms with van der Waals surface area (Å²) < 4.78 is 0. The molecule has 0 aromatic heterocycles. The van der Waals surface area contributed by atoms with Gasteiger partial charge in [0.2, 0.25) is 0 Å². The van der Waals surface area contributed by atoms with Gasteiger partial charge < -0.3 is 15.7 Å². The molecule has 0 aromatic carbocycles. The van der Waals surface area contributed by atoms with Crippen LogP contribution in [0.4, 0.5) is 4.79 Å². The highest BCUT2D eigenvalue weighted by molar-refractivity contribution is 5.74. The van der Waals surface area contributed by atoms with Gasteiger partial charge in [0.25, 0.3) is 0 Å². The first-order valence-electron chi connectivity index (χ1n) is 7.98. The van der Waals surface area contributed by atoms with Crippen molar-refractivity contribution < 1.29 is 9.90 Å². The molecule has 0 saturated heterocycles. The second kappa shape index (κ2) is 7.73. The molecular formula is C15H28N2O2. The van der Waals surface area contributed by atoms with Crippen LogP contribution in [-0.4, -0.2) is 29.8 Å². The molecule has 0 radical (unpaired) electrons. The summed E-state index contributed by atoms with van der Waals surface area (Å²) in [5.74, 6) is 0.452. The topological polar surface area (TPSA) is 61.4 Å². The zero-order valence-corrected chi connectivity index (χ0v) is 11.9. The highest BCUT2D eigenvalue weighted by atomic mass is 16.3. The molecule has 2 rings (SSSR count). The molecule has 0 aliphatic heterocycles. The van der Waals surface area contributed by atoms with E-state index in [1.54, 1.807) is 0 Å². The summed E-state index contributed by atoms with van der Waals surface area (Å²) in [6.07, 6.45) is 11.1. The van der Waals surface area contributed by atoms with Gasteiger partial charge in [0, 0.05) is 12.6 Å². The Morgan fingerprint density at radius 2 is 1.74 bits per heavy atom. The van der Waals surface area contributed by atoms with E-state index in [9.17, 15) is 9.90 Å². The summed E-state index contributed by atoms with van der Waals surface area (Å²) in [5, 5.41) is 15.8. The van der Waals surface area contributed by atoms with Crippen LogP contribution < -0.4 is 10.6 Å². The Bertz CT molecular complexity index is 277. The lowest BCUT2D eigenvalue weighted by molar-refractivity contribution is 0.0644. The SMILES string of the molecule is O=C(NCCCC1CCCCC1O)NC1CCCC1. The van der Waals surface area contributed by atoms with E-state index < -0.39 is 0 Å². The van der Waals surface area contributed by atoms with E-state index in [1.165, 1.54) is 25.7 Å². The largest absolute Gasteiger partial charge is 0.393 e. The van der Waals surface area contributed by atoms with Gasteiger partial charge in [0.1, 0.15) is 0 Å². The third-order valence-corrected chi connectivity index (χ3v) is 4.60. The fraction of sp³-hybridized carbons (Fsp3) is 0.933. The van der Waals surface area contributed by atoms with Gasteiger partial charge in [-0.25, -0.2) is 4.79 Å². The molecule has 2 amide bonds. The van der Waals surface area contributed by atoms with Crippen LogP contribution in [0.1, 0.15) is 64.2 Å². The Balaban J connectivity index is 1.52. The first kappa shape index (κ1) is 14.6. The minimum atomic E-state index is -0.110. The van der Waals surface area contributed by atoms with Gasteiger partial charge in [0.05, 0.1) is 6.10 Å². The lowest BCUT2D eigenvalue weighted by atomic mass is 9.83. The number of rotatable bonds is 5. The lowest BCUT2D eigenvalue weighted by Gasteiger charge is -2.27. The summed E-state index contributed by atoms with van der Waals surface area (Å²) in [6.45, 7) is 0.724. The zero-order valence-electron chi connectivity index (χ0n) is 11.9. The number of carbonyl (C=O) groups excluding carboxylic acids is 1. The smallest absolute Gasteiger partial charge is 0.315 e. The van der Waals surface area contributed by atoms with Crippen LogP contribution in [0.2, 0.25) is 0 Å². The van der Waals surface area contributed by atoms with Crippen molar-refractivity contribution in [2.75, 3.05) is 6.54 Å². The summed E-state index contributed by atoms with van der Waals surface area (Å²) in [5.41, 5.74) is 0. The summed E-state index contributed by atoms with van der Waals surface area (Å²) >= 11 is 0. The molecule has 2 fully saturated rings. The molecule has 3 N–H and O–H groups in total. The van der Waals surface area contributed by atoms with Crippen LogP contribution in [0.3, 0.4) is 0 Å². The Labute approximate surface area is 116 Å². The van der Waals surface area contributed by atoms with Crippen LogP contribution >= 0.6 is 0 Å². The van der Waals surface area contributed by atoms with Gasteiger partial charge in [-0.3, -0.25) is 0 Å². The lowest BCUT2D eigenvalue weighted by Crippen LogP contribution is -2.41. The van der Waals surface area contributed by atoms with Gasteiger partial charge in [-0.1, -0.05) is 25.7 Å². The van der Waals surface area contributed by atoms with Crippen molar-refractivity contribution in [3.05, 3.63) is 0 Å². The number of aliphatic hydroxyl groups is 1. The number of hydrogen-bond acceptors (Lipinski definition) is 2.